The second-order valence-corrected chi connectivity index (χ2v) is 5.13. The SMILES string of the molecule is CC(C)CC(F)(F)C(=O)C(C)(C)O[P+](=O)O. The van der Waals surface area contributed by atoms with Crippen LogP contribution < -0.4 is 0 Å². The molecule has 1 atom stereocenters. The Kier molecular flexibility index (Phi) is 5.11. The molecule has 1 unspecified atom stereocenters. The normalized spacial score (nSPS) is 14.1. The van der Waals surface area contributed by atoms with E-state index in [9.17, 15) is 18.1 Å². The lowest BCUT2D eigenvalue weighted by Gasteiger charge is -2.23. The van der Waals surface area contributed by atoms with Gasteiger partial charge in [0.1, 0.15) is 0 Å². The molecule has 7 heteroatoms. The summed E-state index contributed by atoms with van der Waals surface area (Å²) >= 11 is 0. The number of hydrogen-bond donors (Lipinski definition) is 1. The van der Waals surface area contributed by atoms with Crippen molar-refractivity contribution >= 4 is 14.0 Å². The first-order chi connectivity index (χ1) is 6.99. The van der Waals surface area contributed by atoms with Gasteiger partial charge < -0.3 is 0 Å². The summed E-state index contributed by atoms with van der Waals surface area (Å²) in [6.07, 6.45) is -0.610. The summed E-state index contributed by atoms with van der Waals surface area (Å²) in [5.74, 6) is -5.40. The summed E-state index contributed by atoms with van der Waals surface area (Å²) in [5.41, 5.74) is -1.97. The number of alkyl halides is 2. The van der Waals surface area contributed by atoms with Crippen LogP contribution in [0.4, 0.5) is 8.78 Å². The van der Waals surface area contributed by atoms with Gasteiger partial charge in [0.05, 0.1) is 0 Å². The van der Waals surface area contributed by atoms with Crippen LogP contribution in [0.5, 0.6) is 0 Å². The number of carbonyl (C=O) groups is 1. The van der Waals surface area contributed by atoms with E-state index in [-0.39, 0.29) is 5.92 Å². The zero-order valence-corrected chi connectivity index (χ0v) is 10.6. The zero-order valence-electron chi connectivity index (χ0n) is 9.66. The van der Waals surface area contributed by atoms with Crippen LogP contribution in [0, 0.1) is 5.92 Å². The third-order valence-electron chi connectivity index (χ3n) is 1.85. The van der Waals surface area contributed by atoms with Gasteiger partial charge in [-0.15, -0.1) is 9.42 Å². The number of rotatable bonds is 6. The lowest BCUT2D eigenvalue weighted by molar-refractivity contribution is -0.159. The van der Waals surface area contributed by atoms with E-state index in [1.165, 1.54) is 0 Å². The van der Waals surface area contributed by atoms with E-state index in [4.69, 9.17) is 4.89 Å². The fourth-order valence-corrected chi connectivity index (χ4v) is 1.76. The van der Waals surface area contributed by atoms with Crippen LogP contribution in [-0.4, -0.2) is 22.2 Å². The van der Waals surface area contributed by atoms with Crippen LogP contribution in [-0.2, 0) is 13.9 Å². The van der Waals surface area contributed by atoms with Gasteiger partial charge >= 0.3 is 14.2 Å². The van der Waals surface area contributed by atoms with Crippen LogP contribution >= 0.6 is 8.25 Å². The summed E-state index contributed by atoms with van der Waals surface area (Å²) in [6, 6.07) is 0. The quantitative estimate of drug-likeness (QED) is 0.743. The Hall–Kier alpha value is -0.450. The molecule has 0 bridgehead atoms. The number of halogens is 2. The van der Waals surface area contributed by atoms with Crippen molar-refractivity contribution in [2.75, 3.05) is 0 Å². The molecule has 0 radical (unpaired) electrons. The molecule has 0 aromatic carbocycles. The van der Waals surface area contributed by atoms with E-state index < -0.39 is 32.0 Å². The van der Waals surface area contributed by atoms with Crippen molar-refractivity contribution in [2.45, 2.75) is 45.6 Å². The molecule has 0 aromatic rings. The van der Waals surface area contributed by atoms with Gasteiger partial charge in [-0.25, -0.2) is 0 Å². The largest absolute Gasteiger partial charge is 0.695 e. The van der Waals surface area contributed by atoms with Gasteiger partial charge in [0.15, 0.2) is 5.60 Å². The number of Topliss-reactive ketones (excluding diaryl/α,β-unsaturated/α-hetero) is 1. The van der Waals surface area contributed by atoms with Gasteiger partial charge in [0, 0.05) is 11.0 Å². The predicted octanol–water partition coefficient (Wildman–Crippen LogP) is 2.68. The molecular weight excluding hydrogens is 241 g/mol. The molecule has 1 N–H and O–H groups in total. The Labute approximate surface area is 93.9 Å². The van der Waals surface area contributed by atoms with Crippen LogP contribution in [0.3, 0.4) is 0 Å². The Morgan fingerprint density at radius 2 is 1.88 bits per heavy atom. The van der Waals surface area contributed by atoms with E-state index in [0.29, 0.717) is 0 Å². The van der Waals surface area contributed by atoms with E-state index in [1.54, 1.807) is 13.8 Å². The molecule has 0 fully saturated rings. The van der Waals surface area contributed by atoms with Gasteiger partial charge in [0.25, 0.3) is 0 Å². The highest BCUT2D eigenvalue weighted by molar-refractivity contribution is 7.32. The van der Waals surface area contributed by atoms with Crippen LogP contribution in [0.15, 0.2) is 0 Å². The Bertz CT molecular complexity index is 289. The molecule has 0 aliphatic heterocycles. The smallest absolute Gasteiger partial charge is 0.289 e. The second kappa shape index (κ2) is 5.25. The molecule has 0 spiro atoms. The molecule has 4 nitrogen and oxygen atoms in total. The summed E-state index contributed by atoms with van der Waals surface area (Å²) in [7, 11) is -3.09. The first-order valence-electron chi connectivity index (χ1n) is 4.77. The second-order valence-electron chi connectivity index (χ2n) is 4.47. The highest BCUT2D eigenvalue weighted by atomic mass is 31.1. The van der Waals surface area contributed by atoms with Crippen molar-refractivity contribution in [3.05, 3.63) is 0 Å². The Morgan fingerprint density at radius 1 is 1.44 bits per heavy atom. The van der Waals surface area contributed by atoms with Gasteiger partial charge in [-0.1, -0.05) is 13.8 Å². The van der Waals surface area contributed by atoms with Crippen molar-refractivity contribution in [1.82, 2.24) is 0 Å². The Morgan fingerprint density at radius 3 is 2.19 bits per heavy atom. The molecule has 16 heavy (non-hydrogen) atoms. The lowest BCUT2D eigenvalue weighted by Crippen LogP contribution is -2.45. The molecule has 0 aromatic heterocycles. The maximum absolute atomic E-state index is 13.4. The van der Waals surface area contributed by atoms with Crippen LogP contribution in [0.1, 0.15) is 34.1 Å². The van der Waals surface area contributed by atoms with Gasteiger partial charge in [0.2, 0.25) is 5.78 Å². The number of hydrogen-bond acceptors (Lipinski definition) is 3. The van der Waals surface area contributed by atoms with E-state index in [0.717, 1.165) is 13.8 Å². The van der Waals surface area contributed by atoms with Crippen molar-refractivity contribution in [3.63, 3.8) is 0 Å². The summed E-state index contributed by atoms with van der Waals surface area (Å²) in [5, 5.41) is 0. The van der Waals surface area contributed by atoms with Crippen LogP contribution in [0.25, 0.3) is 0 Å². The lowest BCUT2D eigenvalue weighted by atomic mass is 9.93. The predicted molar refractivity (Wildman–Crippen MR) is 54.4 cm³/mol. The minimum atomic E-state index is -3.55. The summed E-state index contributed by atoms with van der Waals surface area (Å²) in [6.45, 7) is 5.21. The minimum absolute atomic E-state index is 0.363. The molecule has 94 valence electrons. The third-order valence-corrected chi connectivity index (χ3v) is 2.46. The highest BCUT2D eigenvalue weighted by Gasteiger charge is 2.51. The highest BCUT2D eigenvalue weighted by Crippen LogP contribution is 2.34. The summed E-state index contributed by atoms with van der Waals surface area (Å²) < 4.78 is 41.5. The molecule has 0 aliphatic carbocycles. The zero-order chi connectivity index (χ0) is 13.1. The minimum Gasteiger partial charge on any atom is -0.289 e. The Balaban J connectivity index is 4.82. The first-order valence-corrected chi connectivity index (χ1v) is 5.90. The van der Waals surface area contributed by atoms with Crippen molar-refractivity contribution in [1.29, 1.82) is 0 Å². The van der Waals surface area contributed by atoms with E-state index >= 15 is 0 Å². The fraction of sp³-hybridized carbons (Fsp3) is 0.889. The average molecular weight is 257 g/mol. The van der Waals surface area contributed by atoms with Crippen molar-refractivity contribution in [3.8, 4) is 0 Å². The number of carbonyl (C=O) groups excluding carboxylic acids is 1. The standard InChI is InChI=1S/C9H15F2O4P/c1-6(2)5-9(10,11)7(12)8(3,4)15-16(13)14/h6H,5H2,1-4H3/p+1. The molecule has 0 rings (SSSR count). The fourth-order valence-electron chi connectivity index (χ4n) is 1.28. The summed E-state index contributed by atoms with van der Waals surface area (Å²) in [4.78, 5) is 19.9. The monoisotopic (exact) mass is 257 g/mol. The third kappa shape index (κ3) is 4.60. The van der Waals surface area contributed by atoms with Gasteiger partial charge in [-0.3, -0.25) is 4.79 Å². The molecular formula is C9H16F2O4P+. The van der Waals surface area contributed by atoms with Gasteiger partial charge in [-0.05, 0) is 19.8 Å². The van der Waals surface area contributed by atoms with E-state index in [2.05, 4.69) is 4.52 Å². The molecule has 0 saturated carbocycles. The topological polar surface area (TPSA) is 63.6 Å². The molecule has 0 saturated heterocycles. The van der Waals surface area contributed by atoms with Crippen molar-refractivity contribution < 1.29 is 27.6 Å². The molecule has 0 amide bonds. The van der Waals surface area contributed by atoms with Crippen molar-refractivity contribution in [2.24, 2.45) is 5.92 Å². The first kappa shape index (κ1) is 15.6. The van der Waals surface area contributed by atoms with Crippen LogP contribution in [0.2, 0.25) is 0 Å². The average Bonchev–Trinajstić information content (AvgIpc) is 1.97. The molecule has 0 aliphatic rings. The number of ketones is 1. The molecule has 0 heterocycles. The van der Waals surface area contributed by atoms with Gasteiger partial charge in [-0.2, -0.15) is 8.78 Å². The maximum atomic E-state index is 13.4. The maximum Gasteiger partial charge on any atom is 0.695 e. The van der Waals surface area contributed by atoms with E-state index in [1.807, 2.05) is 0 Å².